The molecule has 0 saturated carbocycles. The zero-order valence-corrected chi connectivity index (χ0v) is 31.6. The molecule has 14 nitrogen and oxygen atoms in total. The van der Waals surface area contributed by atoms with Gasteiger partial charge in [-0.3, -0.25) is 28.8 Å². The Labute approximate surface area is 302 Å². The summed E-state index contributed by atoms with van der Waals surface area (Å²) in [5.41, 5.74) is 0.762. The number of amides is 5. The van der Waals surface area contributed by atoms with E-state index in [1.54, 1.807) is 58.0 Å². The Hall–Kier alpha value is -4.04. The highest BCUT2D eigenvalue weighted by atomic mass is 16.4. The molecule has 0 heterocycles. The number of hydrogen-bond donors (Lipinski definition) is 8. The van der Waals surface area contributed by atoms with E-state index < -0.39 is 84.9 Å². The van der Waals surface area contributed by atoms with Crippen LogP contribution in [0.1, 0.15) is 93.6 Å². The lowest BCUT2D eigenvalue weighted by molar-refractivity contribution is -0.140. The third-order valence-corrected chi connectivity index (χ3v) is 8.26. The average molecular weight is 720 g/mol. The van der Waals surface area contributed by atoms with Crippen molar-refractivity contribution in [2.75, 3.05) is 0 Å². The van der Waals surface area contributed by atoms with Crippen molar-refractivity contribution < 1.29 is 44.1 Å². The standard InChI is InChI=1S/C37H61N5O9/c1-20(2)15-26(40-36(50)34(23(7)8)42-37(51)33(22(5)6)41-30(45)16-21(3)4)28(43)18-31(46)38-24(9)35(49)39-27(29(44)19-32(47)48)17-25-13-11-10-12-14-25/h10-14,20-24,26-29,33-34,43-44H,15-19H2,1-9H3,(H,38,46)(H,39,49)(H,40,50)(H,41,45)(H,42,51)(H,47,48)/t24-,26-,27+,28+,29+,33-,34-/m1/s1. The summed E-state index contributed by atoms with van der Waals surface area (Å²) in [5.74, 6) is -4.41. The number of aliphatic hydroxyl groups is 2. The first-order chi connectivity index (χ1) is 23.7. The lowest BCUT2D eigenvalue weighted by Gasteiger charge is -2.31. The zero-order chi connectivity index (χ0) is 39.0. The maximum Gasteiger partial charge on any atom is 0.306 e. The summed E-state index contributed by atoms with van der Waals surface area (Å²) in [6.07, 6.45) is -3.09. The molecule has 0 saturated heterocycles. The molecule has 0 unspecified atom stereocenters. The van der Waals surface area contributed by atoms with Crippen LogP contribution in [0.3, 0.4) is 0 Å². The van der Waals surface area contributed by atoms with Crippen LogP contribution in [0.2, 0.25) is 0 Å². The van der Waals surface area contributed by atoms with Crippen LogP contribution in [0, 0.1) is 23.7 Å². The smallest absolute Gasteiger partial charge is 0.306 e. The van der Waals surface area contributed by atoms with E-state index in [1.807, 2.05) is 27.7 Å². The van der Waals surface area contributed by atoms with E-state index >= 15 is 0 Å². The lowest BCUT2D eigenvalue weighted by atomic mass is 9.95. The van der Waals surface area contributed by atoms with E-state index in [0.29, 0.717) is 6.42 Å². The maximum atomic E-state index is 13.6. The Balaban J connectivity index is 2.97. The number of rotatable bonds is 22. The maximum absolute atomic E-state index is 13.6. The van der Waals surface area contributed by atoms with E-state index in [9.17, 15) is 44.1 Å². The molecule has 0 spiro atoms. The van der Waals surface area contributed by atoms with Gasteiger partial charge in [0.1, 0.15) is 18.1 Å². The minimum absolute atomic E-state index is 0.00470. The SMILES string of the molecule is CC(C)CC(=O)N[C@@H](C(=O)N[C@@H](C(=O)N[C@H](CC(C)C)[C@@H](O)CC(=O)N[C@H](C)C(=O)N[C@@H](Cc1ccccc1)[C@@H](O)CC(=O)O)C(C)C)C(C)C. The number of carboxylic acid groups (broad SMARTS) is 1. The van der Waals surface area contributed by atoms with Crippen molar-refractivity contribution in [1.82, 2.24) is 26.6 Å². The van der Waals surface area contributed by atoms with E-state index in [2.05, 4.69) is 26.6 Å². The molecule has 51 heavy (non-hydrogen) atoms. The summed E-state index contributed by atoms with van der Waals surface area (Å²) in [6, 6.07) is 4.12. The second-order valence-corrected chi connectivity index (χ2v) is 14.9. The van der Waals surface area contributed by atoms with Crippen LogP contribution in [0.5, 0.6) is 0 Å². The second kappa shape index (κ2) is 22.0. The van der Waals surface area contributed by atoms with Crippen LogP contribution in [0.15, 0.2) is 30.3 Å². The van der Waals surface area contributed by atoms with Gasteiger partial charge in [-0.2, -0.15) is 0 Å². The third-order valence-electron chi connectivity index (χ3n) is 8.26. The Morgan fingerprint density at radius 1 is 0.569 bits per heavy atom. The van der Waals surface area contributed by atoms with Gasteiger partial charge in [0.2, 0.25) is 29.5 Å². The number of carbonyl (C=O) groups excluding carboxylic acids is 5. The van der Waals surface area contributed by atoms with Crippen LogP contribution in [-0.2, 0) is 35.2 Å². The van der Waals surface area contributed by atoms with Crippen LogP contribution >= 0.6 is 0 Å². The number of benzene rings is 1. The van der Waals surface area contributed by atoms with E-state index in [-0.39, 0.29) is 42.4 Å². The van der Waals surface area contributed by atoms with Crippen LogP contribution in [-0.4, -0.2) is 93.2 Å². The fraction of sp³-hybridized carbons (Fsp3) is 0.676. The van der Waals surface area contributed by atoms with Gasteiger partial charge < -0.3 is 41.9 Å². The first-order valence-electron chi connectivity index (χ1n) is 17.8. The number of carbonyl (C=O) groups is 6. The molecule has 1 rings (SSSR count). The van der Waals surface area contributed by atoms with Gasteiger partial charge >= 0.3 is 5.97 Å². The highest BCUT2D eigenvalue weighted by Gasteiger charge is 2.34. The van der Waals surface area contributed by atoms with Crippen LogP contribution in [0.25, 0.3) is 0 Å². The molecule has 0 aliphatic heterocycles. The van der Waals surface area contributed by atoms with Crippen molar-refractivity contribution in [3.8, 4) is 0 Å². The van der Waals surface area contributed by atoms with Crippen molar-refractivity contribution in [3.63, 3.8) is 0 Å². The van der Waals surface area contributed by atoms with Crippen LogP contribution < -0.4 is 26.6 Å². The van der Waals surface area contributed by atoms with Gasteiger partial charge in [0.15, 0.2) is 0 Å². The van der Waals surface area contributed by atoms with Crippen molar-refractivity contribution in [2.24, 2.45) is 23.7 Å². The predicted molar refractivity (Wildman–Crippen MR) is 193 cm³/mol. The summed E-state index contributed by atoms with van der Waals surface area (Å²) >= 11 is 0. The van der Waals surface area contributed by atoms with Gasteiger partial charge in [0.25, 0.3) is 0 Å². The van der Waals surface area contributed by atoms with Crippen molar-refractivity contribution in [1.29, 1.82) is 0 Å². The summed E-state index contributed by atoms with van der Waals surface area (Å²) in [7, 11) is 0. The number of aliphatic carboxylic acids is 1. The molecule has 288 valence electrons. The molecule has 14 heteroatoms. The molecule has 7 atom stereocenters. The predicted octanol–water partition coefficient (Wildman–Crippen LogP) is 1.66. The van der Waals surface area contributed by atoms with E-state index in [0.717, 1.165) is 5.56 Å². The molecule has 8 N–H and O–H groups in total. The molecule has 0 aliphatic rings. The first-order valence-corrected chi connectivity index (χ1v) is 17.8. The summed E-state index contributed by atoms with van der Waals surface area (Å²) in [5, 5.41) is 44.3. The topological polar surface area (TPSA) is 223 Å². The van der Waals surface area contributed by atoms with E-state index in [1.165, 1.54) is 6.92 Å². The molecule has 0 radical (unpaired) electrons. The Bertz CT molecular complexity index is 1290. The Morgan fingerprint density at radius 2 is 1.06 bits per heavy atom. The molecule has 0 bridgehead atoms. The summed E-state index contributed by atoms with van der Waals surface area (Å²) in [4.78, 5) is 76.6. The molecule has 0 aliphatic carbocycles. The molecular formula is C37H61N5O9. The van der Waals surface area contributed by atoms with Gasteiger partial charge in [-0.05, 0) is 49.0 Å². The van der Waals surface area contributed by atoms with Gasteiger partial charge in [0, 0.05) is 6.42 Å². The highest BCUT2D eigenvalue weighted by molar-refractivity contribution is 5.92. The second-order valence-electron chi connectivity index (χ2n) is 14.9. The number of carboxylic acids is 1. The fourth-order valence-corrected chi connectivity index (χ4v) is 5.49. The summed E-state index contributed by atoms with van der Waals surface area (Å²) in [6.45, 7) is 16.1. The fourth-order valence-electron chi connectivity index (χ4n) is 5.49. The minimum atomic E-state index is -1.39. The zero-order valence-electron chi connectivity index (χ0n) is 31.6. The third kappa shape index (κ3) is 17.2. The summed E-state index contributed by atoms with van der Waals surface area (Å²) < 4.78 is 0. The molecule has 0 fully saturated rings. The largest absolute Gasteiger partial charge is 0.481 e. The van der Waals surface area contributed by atoms with Crippen molar-refractivity contribution in [2.45, 2.75) is 137 Å². The van der Waals surface area contributed by atoms with Crippen LogP contribution in [0.4, 0.5) is 0 Å². The lowest BCUT2D eigenvalue weighted by Crippen LogP contribution is -2.59. The monoisotopic (exact) mass is 719 g/mol. The van der Waals surface area contributed by atoms with Gasteiger partial charge in [0.05, 0.1) is 37.1 Å². The number of nitrogens with one attached hydrogen (secondary N) is 5. The minimum Gasteiger partial charge on any atom is -0.481 e. The number of hydrogen-bond acceptors (Lipinski definition) is 8. The quantitative estimate of drug-likeness (QED) is 0.0872. The Kier molecular flexibility index (Phi) is 19.4. The van der Waals surface area contributed by atoms with Gasteiger partial charge in [-0.15, -0.1) is 0 Å². The van der Waals surface area contributed by atoms with Crippen molar-refractivity contribution >= 4 is 35.5 Å². The molecule has 1 aromatic carbocycles. The van der Waals surface area contributed by atoms with Gasteiger partial charge in [-0.25, -0.2) is 0 Å². The first kappa shape index (κ1) is 45.0. The molecule has 5 amide bonds. The van der Waals surface area contributed by atoms with Crippen molar-refractivity contribution in [3.05, 3.63) is 35.9 Å². The molecular weight excluding hydrogens is 658 g/mol. The molecule has 1 aromatic rings. The Morgan fingerprint density at radius 3 is 1.57 bits per heavy atom. The molecule has 0 aromatic heterocycles. The normalized spacial score (nSPS) is 15.7. The average Bonchev–Trinajstić information content (AvgIpc) is 3.00. The highest BCUT2D eigenvalue weighted by Crippen LogP contribution is 2.15. The van der Waals surface area contributed by atoms with E-state index in [4.69, 9.17) is 0 Å². The van der Waals surface area contributed by atoms with Gasteiger partial charge in [-0.1, -0.05) is 85.7 Å². The number of aliphatic hydroxyl groups excluding tert-OH is 2.